The molecule has 62 valence electrons. The van der Waals surface area contributed by atoms with Gasteiger partial charge in [-0.05, 0) is 12.1 Å². The predicted molar refractivity (Wildman–Crippen MR) is 51.4 cm³/mol. The van der Waals surface area contributed by atoms with Crippen LogP contribution in [-0.4, -0.2) is 15.0 Å². The summed E-state index contributed by atoms with van der Waals surface area (Å²) >= 11 is 0. The lowest BCUT2D eigenvalue weighted by molar-refractivity contribution is 1.22. The minimum absolute atomic E-state index is 1.02. The number of aromatic nitrogens is 3. The van der Waals surface area contributed by atoms with Crippen molar-refractivity contribution in [3.8, 4) is 0 Å². The summed E-state index contributed by atoms with van der Waals surface area (Å²) in [5.41, 5.74) is 2.09. The molecule has 13 heavy (non-hydrogen) atoms. The van der Waals surface area contributed by atoms with Crippen molar-refractivity contribution in [3.05, 3.63) is 36.9 Å². The molecule has 3 heteroatoms. The molecule has 0 aliphatic carbocycles. The highest BCUT2D eigenvalue weighted by atomic mass is 14.8. The van der Waals surface area contributed by atoms with E-state index >= 15 is 0 Å². The van der Waals surface area contributed by atoms with Crippen LogP contribution in [0.1, 0.15) is 0 Å². The van der Waals surface area contributed by atoms with Gasteiger partial charge in [-0.1, -0.05) is 6.07 Å². The van der Waals surface area contributed by atoms with Crippen molar-refractivity contribution in [2.75, 3.05) is 0 Å². The number of nitrogens with one attached hydrogen (secondary N) is 1. The molecular weight excluding hydrogens is 162 g/mol. The van der Waals surface area contributed by atoms with Gasteiger partial charge >= 0.3 is 0 Å². The van der Waals surface area contributed by atoms with Crippen LogP contribution in [-0.2, 0) is 0 Å². The van der Waals surface area contributed by atoms with E-state index in [9.17, 15) is 0 Å². The molecule has 0 fully saturated rings. The van der Waals surface area contributed by atoms with E-state index in [1.807, 2.05) is 24.5 Å². The number of aromatic amines is 1. The first-order valence-electron chi connectivity index (χ1n) is 4.11. The third kappa shape index (κ3) is 0.839. The minimum atomic E-state index is 1.02. The van der Waals surface area contributed by atoms with Gasteiger partial charge in [0.25, 0.3) is 0 Å². The Kier molecular flexibility index (Phi) is 1.16. The third-order valence-corrected chi connectivity index (χ3v) is 2.20. The number of rotatable bonds is 0. The Labute approximate surface area is 74.4 Å². The van der Waals surface area contributed by atoms with E-state index in [1.165, 1.54) is 0 Å². The molecule has 3 nitrogen and oxygen atoms in total. The maximum Gasteiger partial charge on any atom is 0.0923 e. The summed E-state index contributed by atoms with van der Waals surface area (Å²) in [4.78, 5) is 11.4. The molecular formula is C10H7N3. The Bertz CT molecular complexity index is 568. The summed E-state index contributed by atoms with van der Waals surface area (Å²) in [6, 6.07) is 6.10. The second-order valence-electron chi connectivity index (χ2n) is 2.96. The van der Waals surface area contributed by atoms with Gasteiger partial charge in [0.1, 0.15) is 0 Å². The van der Waals surface area contributed by atoms with Crippen LogP contribution in [0.2, 0.25) is 0 Å². The van der Waals surface area contributed by atoms with Gasteiger partial charge in [-0.3, -0.25) is 4.98 Å². The highest BCUT2D eigenvalue weighted by Gasteiger charge is 2.00. The standard InChI is InChI=1S/C10H7N3/c1-2-9-8(5-11-6-13-9)10-7(1)3-4-12-10/h1-6H,(H,11,13). The normalized spacial score (nSPS) is 11.1. The lowest BCUT2D eigenvalue weighted by atomic mass is 10.2. The van der Waals surface area contributed by atoms with E-state index in [4.69, 9.17) is 0 Å². The first-order chi connectivity index (χ1) is 6.45. The number of H-pyrrole nitrogens is 1. The van der Waals surface area contributed by atoms with Gasteiger partial charge in [0.15, 0.2) is 0 Å². The molecule has 0 saturated carbocycles. The van der Waals surface area contributed by atoms with Crippen molar-refractivity contribution in [3.63, 3.8) is 0 Å². The molecule has 3 rings (SSSR count). The summed E-state index contributed by atoms with van der Waals surface area (Å²) in [7, 11) is 0. The fourth-order valence-electron chi connectivity index (χ4n) is 1.57. The van der Waals surface area contributed by atoms with Gasteiger partial charge in [0, 0.05) is 23.2 Å². The molecule has 3 aromatic rings. The SMILES string of the molecule is c1cc2ccc3[nH]cncc3c2n1. The van der Waals surface area contributed by atoms with Gasteiger partial charge in [0.2, 0.25) is 0 Å². The van der Waals surface area contributed by atoms with E-state index in [0.717, 1.165) is 21.8 Å². The zero-order chi connectivity index (χ0) is 8.67. The van der Waals surface area contributed by atoms with Gasteiger partial charge in [0.05, 0.1) is 17.4 Å². The molecule has 0 atom stereocenters. The highest BCUT2D eigenvalue weighted by molar-refractivity contribution is 6.03. The molecule has 2 heterocycles. The second-order valence-corrected chi connectivity index (χ2v) is 2.96. The van der Waals surface area contributed by atoms with E-state index < -0.39 is 0 Å². The second kappa shape index (κ2) is 2.29. The smallest absolute Gasteiger partial charge is 0.0923 e. The number of benzene rings is 1. The summed E-state index contributed by atoms with van der Waals surface area (Å²) in [6.45, 7) is 0. The Morgan fingerprint density at radius 3 is 3.15 bits per heavy atom. The largest absolute Gasteiger partial charge is 0.346 e. The van der Waals surface area contributed by atoms with E-state index in [0.29, 0.717) is 0 Å². The fourth-order valence-corrected chi connectivity index (χ4v) is 1.57. The Balaban J connectivity index is 2.65. The molecule has 1 aromatic carbocycles. The average Bonchev–Trinajstić information content (AvgIpc) is 2.65. The number of hydrogen-bond donors (Lipinski definition) is 1. The Morgan fingerprint density at radius 1 is 1.15 bits per heavy atom. The maximum atomic E-state index is 4.29. The first kappa shape index (κ1) is 6.60. The van der Waals surface area contributed by atoms with Gasteiger partial charge in [-0.15, -0.1) is 0 Å². The fraction of sp³-hybridized carbons (Fsp3) is 0. The molecule has 0 radical (unpaired) electrons. The lowest BCUT2D eigenvalue weighted by Gasteiger charge is -1.97. The molecule has 0 saturated heterocycles. The van der Waals surface area contributed by atoms with Crippen molar-refractivity contribution in [1.29, 1.82) is 0 Å². The van der Waals surface area contributed by atoms with Crippen molar-refractivity contribution in [2.24, 2.45) is 0 Å². The van der Waals surface area contributed by atoms with Crippen molar-refractivity contribution in [1.82, 2.24) is 15.0 Å². The zero-order valence-corrected chi connectivity index (χ0v) is 6.86. The monoisotopic (exact) mass is 169 g/mol. The van der Waals surface area contributed by atoms with Crippen LogP contribution in [0.15, 0.2) is 36.9 Å². The number of nitrogens with zero attached hydrogens (tertiary/aromatic N) is 2. The minimum Gasteiger partial charge on any atom is -0.346 e. The van der Waals surface area contributed by atoms with Crippen LogP contribution in [0, 0.1) is 0 Å². The Hall–Kier alpha value is -1.90. The summed E-state index contributed by atoms with van der Waals surface area (Å²) in [5, 5.41) is 2.24. The van der Waals surface area contributed by atoms with Crippen LogP contribution in [0.5, 0.6) is 0 Å². The van der Waals surface area contributed by atoms with Crippen molar-refractivity contribution >= 4 is 21.8 Å². The lowest BCUT2D eigenvalue weighted by Crippen LogP contribution is -1.81. The maximum absolute atomic E-state index is 4.29. The van der Waals surface area contributed by atoms with E-state index in [2.05, 4.69) is 21.0 Å². The quantitative estimate of drug-likeness (QED) is 0.560. The van der Waals surface area contributed by atoms with E-state index in [1.54, 1.807) is 6.33 Å². The number of fused-ring (bicyclic) bond motifs is 3. The topological polar surface area (TPSA) is 41.6 Å². The van der Waals surface area contributed by atoms with Crippen LogP contribution in [0.4, 0.5) is 0 Å². The van der Waals surface area contributed by atoms with Crippen LogP contribution >= 0.6 is 0 Å². The third-order valence-electron chi connectivity index (χ3n) is 2.20. The van der Waals surface area contributed by atoms with Crippen molar-refractivity contribution < 1.29 is 0 Å². The highest BCUT2D eigenvalue weighted by Crippen LogP contribution is 2.21. The Morgan fingerprint density at radius 2 is 2.15 bits per heavy atom. The molecule has 0 aliphatic rings. The van der Waals surface area contributed by atoms with Gasteiger partial charge in [-0.2, -0.15) is 0 Å². The molecule has 0 spiro atoms. The molecule has 0 amide bonds. The zero-order valence-electron chi connectivity index (χ0n) is 6.86. The summed E-state index contributed by atoms with van der Waals surface area (Å²) in [5.74, 6) is 0. The average molecular weight is 169 g/mol. The molecule has 1 N–H and O–H groups in total. The molecule has 2 aromatic heterocycles. The predicted octanol–water partition coefficient (Wildman–Crippen LogP) is 2.11. The molecule has 0 aliphatic heterocycles. The van der Waals surface area contributed by atoms with Crippen molar-refractivity contribution in [2.45, 2.75) is 0 Å². The van der Waals surface area contributed by atoms with E-state index in [-0.39, 0.29) is 0 Å². The van der Waals surface area contributed by atoms with Gasteiger partial charge < -0.3 is 4.98 Å². The molecule has 0 bridgehead atoms. The molecule has 0 unspecified atom stereocenters. The van der Waals surface area contributed by atoms with Crippen LogP contribution in [0.3, 0.4) is 0 Å². The van der Waals surface area contributed by atoms with Crippen LogP contribution < -0.4 is 0 Å². The first-order valence-corrected chi connectivity index (χ1v) is 4.11. The van der Waals surface area contributed by atoms with Gasteiger partial charge in [-0.25, -0.2) is 4.98 Å². The summed E-state index contributed by atoms with van der Waals surface area (Å²) < 4.78 is 0. The van der Waals surface area contributed by atoms with Crippen LogP contribution in [0.25, 0.3) is 21.8 Å². The summed E-state index contributed by atoms with van der Waals surface area (Å²) in [6.07, 6.45) is 5.33. The number of hydrogen-bond acceptors (Lipinski definition) is 2.